The molecule has 0 atom stereocenters. The molecule has 106 valence electrons. The first kappa shape index (κ1) is 13.4. The molecule has 0 unspecified atom stereocenters. The van der Waals surface area contributed by atoms with Crippen LogP contribution in [0, 0.1) is 6.92 Å². The highest BCUT2D eigenvalue weighted by atomic mass is 35.5. The van der Waals surface area contributed by atoms with Crippen molar-refractivity contribution >= 4 is 34.2 Å². The molecule has 1 aromatic carbocycles. The van der Waals surface area contributed by atoms with Crippen LogP contribution >= 0.6 is 11.6 Å². The summed E-state index contributed by atoms with van der Waals surface area (Å²) >= 11 is 5.84. The molecule has 2 aromatic heterocycles. The Bertz CT molecular complexity index is 877. The van der Waals surface area contributed by atoms with Crippen LogP contribution in [0.3, 0.4) is 0 Å². The van der Waals surface area contributed by atoms with Crippen molar-refractivity contribution in [3.8, 4) is 0 Å². The SMILES string of the molecule is Cc1cc(C(=O)Nc2ccc3[nH]c(=O)[nH]c3c2)cc(Cl)n1. The summed E-state index contributed by atoms with van der Waals surface area (Å²) in [5.74, 6) is -0.292. The van der Waals surface area contributed by atoms with E-state index in [0.29, 0.717) is 28.0 Å². The molecule has 0 spiro atoms. The summed E-state index contributed by atoms with van der Waals surface area (Å²) < 4.78 is 0. The van der Waals surface area contributed by atoms with Crippen molar-refractivity contribution in [1.29, 1.82) is 0 Å². The van der Waals surface area contributed by atoms with Crippen LogP contribution in [0.2, 0.25) is 5.15 Å². The van der Waals surface area contributed by atoms with Crippen molar-refractivity contribution in [2.75, 3.05) is 5.32 Å². The first-order valence-corrected chi connectivity index (χ1v) is 6.57. The number of halogens is 1. The Kier molecular flexibility index (Phi) is 3.23. The number of rotatable bonds is 2. The second-order valence-corrected chi connectivity index (χ2v) is 5.00. The summed E-state index contributed by atoms with van der Waals surface area (Å²) in [7, 11) is 0. The maximum atomic E-state index is 12.2. The number of nitrogens with zero attached hydrogens (tertiary/aromatic N) is 1. The van der Waals surface area contributed by atoms with Gasteiger partial charge in [0.2, 0.25) is 0 Å². The van der Waals surface area contributed by atoms with Crippen LogP contribution in [0.4, 0.5) is 5.69 Å². The third kappa shape index (κ3) is 2.80. The van der Waals surface area contributed by atoms with Crippen molar-refractivity contribution in [2.45, 2.75) is 6.92 Å². The molecule has 0 aliphatic carbocycles. The Morgan fingerprint density at radius 1 is 1.19 bits per heavy atom. The summed E-state index contributed by atoms with van der Waals surface area (Å²) in [6.07, 6.45) is 0. The van der Waals surface area contributed by atoms with Gasteiger partial charge in [0, 0.05) is 16.9 Å². The predicted molar refractivity (Wildman–Crippen MR) is 80.9 cm³/mol. The Morgan fingerprint density at radius 3 is 2.71 bits per heavy atom. The highest BCUT2D eigenvalue weighted by molar-refractivity contribution is 6.29. The third-order valence-electron chi connectivity index (χ3n) is 2.96. The van der Waals surface area contributed by atoms with Gasteiger partial charge in [0.1, 0.15) is 5.15 Å². The van der Waals surface area contributed by atoms with Crippen LogP contribution < -0.4 is 11.0 Å². The van der Waals surface area contributed by atoms with E-state index in [1.165, 1.54) is 6.07 Å². The average Bonchev–Trinajstić information content (AvgIpc) is 2.77. The fraction of sp³-hybridized carbons (Fsp3) is 0.0714. The number of aromatic nitrogens is 3. The van der Waals surface area contributed by atoms with Gasteiger partial charge in [-0.05, 0) is 37.3 Å². The Hall–Kier alpha value is -2.60. The van der Waals surface area contributed by atoms with Crippen LogP contribution in [0.5, 0.6) is 0 Å². The van der Waals surface area contributed by atoms with Crippen molar-refractivity contribution in [3.05, 3.63) is 57.2 Å². The Labute approximate surface area is 124 Å². The fourth-order valence-electron chi connectivity index (χ4n) is 2.07. The smallest absolute Gasteiger partial charge is 0.322 e. The molecule has 0 aliphatic heterocycles. The number of amides is 1. The molecule has 0 saturated heterocycles. The zero-order valence-electron chi connectivity index (χ0n) is 11.0. The van der Waals surface area contributed by atoms with Crippen molar-refractivity contribution in [1.82, 2.24) is 15.0 Å². The molecular weight excluding hydrogens is 292 g/mol. The number of H-pyrrole nitrogens is 2. The van der Waals surface area contributed by atoms with Gasteiger partial charge in [-0.3, -0.25) is 4.79 Å². The monoisotopic (exact) mass is 302 g/mol. The molecule has 7 heteroatoms. The molecule has 0 aliphatic rings. The summed E-state index contributed by atoms with van der Waals surface area (Å²) in [6, 6.07) is 8.26. The van der Waals surface area contributed by atoms with Gasteiger partial charge in [-0.2, -0.15) is 0 Å². The second-order valence-electron chi connectivity index (χ2n) is 4.61. The van der Waals surface area contributed by atoms with Gasteiger partial charge < -0.3 is 15.3 Å². The lowest BCUT2D eigenvalue weighted by Gasteiger charge is -2.06. The number of hydrogen-bond donors (Lipinski definition) is 3. The molecular formula is C14H11ClN4O2. The van der Waals surface area contributed by atoms with E-state index in [1.54, 1.807) is 31.2 Å². The van der Waals surface area contributed by atoms with E-state index in [4.69, 9.17) is 11.6 Å². The molecule has 0 radical (unpaired) electrons. The minimum Gasteiger partial charge on any atom is -0.322 e. The first-order chi connectivity index (χ1) is 10.0. The van der Waals surface area contributed by atoms with Crippen LogP contribution in [-0.4, -0.2) is 20.9 Å². The average molecular weight is 303 g/mol. The molecule has 0 saturated carbocycles. The number of fused-ring (bicyclic) bond motifs is 1. The number of nitrogens with one attached hydrogen (secondary N) is 3. The van der Waals surface area contributed by atoms with Crippen molar-refractivity contribution < 1.29 is 4.79 Å². The Balaban J connectivity index is 1.90. The molecule has 3 N–H and O–H groups in total. The van der Waals surface area contributed by atoms with Gasteiger partial charge >= 0.3 is 5.69 Å². The lowest BCUT2D eigenvalue weighted by molar-refractivity contribution is 0.102. The molecule has 3 aromatic rings. The minimum atomic E-state index is -0.292. The molecule has 0 bridgehead atoms. The van der Waals surface area contributed by atoms with Gasteiger partial charge in [0.25, 0.3) is 5.91 Å². The molecule has 0 fully saturated rings. The number of anilines is 1. The van der Waals surface area contributed by atoms with Gasteiger partial charge in [0.05, 0.1) is 11.0 Å². The second kappa shape index (κ2) is 5.06. The summed E-state index contributed by atoms with van der Waals surface area (Å²) in [5, 5.41) is 3.02. The number of carbonyl (C=O) groups is 1. The maximum absolute atomic E-state index is 12.2. The lowest BCUT2D eigenvalue weighted by atomic mass is 10.2. The van der Waals surface area contributed by atoms with Gasteiger partial charge in [-0.25, -0.2) is 9.78 Å². The van der Waals surface area contributed by atoms with Gasteiger partial charge in [0.15, 0.2) is 0 Å². The summed E-state index contributed by atoms with van der Waals surface area (Å²) in [5.41, 5.74) is 2.69. The standard InChI is InChI=1S/C14H11ClN4O2/c1-7-4-8(5-12(15)16-7)13(20)17-9-2-3-10-11(6-9)19-14(21)18-10/h2-6H,1H3,(H,17,20)(H2,18,19,21). The third-order valence-corrected chi connectivity index (χ3v) is 3.15. The number of pyridine rings is 1. The molecule has 21 heavy (non-hydrogen) atoms. The van der Waals surface area contributed by atoms with Crippen molar-refractivity contribution in [2.24, 2.45) is 0 Å². The van der Waals surface area contributed by atoms with Gasteiger partial charge in [-0.15, -0.1) is 0 Å². The van der Waals surface area contributed by atoms with Crippen molar-refractivity contribution in [3.63, 3.8) is 0 Å². The van der Waals surface area contributed by atoms with Crippen LogP contribution in [-0.2, 0) is 0 Å². The molecule has 1 amide bonds. The number of hydrogen-bond acceptors (Lipinski definition) is 3. The predicted octanol–water partition coefficient (Wildman–Crippen LogP) is 2.47. The summed E-state index contributed by atoms with van der Waals surface area (Å²) in [6.45, 7) is 1.76. The molecule has 6 nitrogen and oxygen atoms in total. The highest BCUT2D eigenvalue weighted by Gasteiger charge is 2.09. The Morgan fingerprint density at radius 2 is 1.95 bits per heavy atom. The number of benzene rings is 1. The van der Waals surface area contributed by atoms with Crippen LogP contribution in [0.1, 0.15) is 16.1 Å². The van der Waals surface area contributed by atoms with E-state index in [-0.39, 0.29) is 16.8 Å². The largest absolute Gasteiger partial charge is 0.323 e. The number of imidazole rings is 1. The zero-order valence-corrected chi connectivity index (χ0v) is 11.8. The fourth-order valence-corrected chi connectivity index (χ4v) is 2.32. The van der Waals surface area contributed by atoms with Crippen LogP contribution in [0.25, 0.3) is 11.0 Å². The topological polar surface area (TPSA) is 90.6 Å². The first-order valence-electron chi connectivity index (χ1n) is 6.19. The zero-order chi connectivity index (χ0) is 15.0. The lowest BCUT2D eigenvalue weighted by Crippen LogP contribution is -2.12. The van der Waals surface area contributed by atoms with Gasteiger partial charge in [-0.1, -0.05) is 11.6 Å². The quantitative estimate of drug-likeness (QED) is 0.635. The van der Waals surface area contributed by atoms with Crippen LogP contribution in [0.15, 0.2) is 35.1 Å². The number of aromatic amines is 2. The van der Waals surface area contributed by atoms with E-state index in [0.717, 1.165) is 0 Å². The summed E-state index contributed by atoms with van der Waals surface area (Å²) in [4.78, 5) is 32.7. The van der Waals surface area contributed by atoms with E-state index < -0.39 is 0 Å². The maximum Gasteiger partial charge on any atom is 0.323 e. The minimum absolute atomic E-state index is 0.269. The highest BCUT2D eigenvalue weighted by Crippen LogP contribution is 2.17. The van der Waals surface area contributed by atoms with E-state index >= 15 is 0 Å². The molecule has 2 heterocycles. The van der Waals surface area contributed by atoms with E-state index in [9.17, 15) is 9.59 Å². The molecule has 3 rings (SSSR count). The normalized spacial score (nSPS) is 10.8. The number of carbonyl (C=O) groups excluding carboxylic acids is 1. The van der Waals surface area contributed by atoms with E-state index in [1.807, 2.05) is 0 Å². The van der Waals surface area contributed by atoms with E-state index in [2.05, 4.69) is 20.3 Å². The number of aryl methyl sites for hydroxylation is 1.